The lowest BCUT2D eigenvalue weighted by Crippen LogP contribution is -2.18. The van der Waals surface area contributed by atoms with Gasteiger partial charge in [0, 0.05) is 17.1 Å². The monoisotopic (exact) mass is 319 g/mol. The van der Waals surface area contributed by atoms with Crippen LogP contribution in [0.2, 0.25) is 0 Å². The van der Waals surface area contributed by atoms with Crippen molar-refractivity contribution in [2.75, 3.05) is 7.11 Å². The van der Waals surface area contributed by atoms with E-state index in [-0.39, 0.29) is 6.04 Å². The Morgan fingerprint density at radius 3 is 2.68 bits per heavy atom. The van der Waals surface area contributed by atoms with Crippen LogP contribution in [0.15, 0.2) is 53.0 Å². The lowest BCUT2D eigenvalue weighted by Gasteiger charge is -2.15. The van der Waals surface area contributed by atoms with E-state index in [1.54, 1.807) is 7.11 Å². The second kappa shape index (κ2) is 6.73. The maximum atomic E-state index is 5.25. The van der Waals surface area contributed by atoms with Gasteiger partial charge in [0.05, 0.1) is 7.11 Å². The predicted octanol–water partition coefficient (Wildman–Crippen LogP) is 4.31. The molecule has 19 heavy (non-hydrogen) atoms. The quantitative estimate of drug-likeness (QED) is 0.886. The summed E-state index contributed by atoms with van der Waals surface area (Å²) in [4.78, 5) is 0. The van der Waals surface area contributed by atoms with Crippen LogP contribution >= 0.6 is 15.9 Å². The van der Waals surface area contributed by atoms with Crippen LogP contribution in [0.3, 0.4) is 0 Å². The van der Waals surface area contributed by atoms with Gasteiger partial charge in [-0.25, -0.2) is 0 Å². The first-order valence-electron chi connectivity index (χ1n) is 6.31. The van der Waals surface area contributed by atoms with E-state index >= 15 is 0 Å². The molecule has 3 heteroatoms. The summed E-state index contributed by atoms with van der Waals surface area (Å²) < 4.78 is 6.36. The number of halogens is 1. The van der Waals surface area contributed by atoms with Gasteiger partial charge < -0.3 is 10.1 Å². The van der Waals surface area contributed by atoms with E-state index in [4.69, 9.17) is 4.74 Å². The number of ether oxygens (including phenoxy) is 1. The van der Waals surface area contributed by atoms with E-state index in [1.165, 1.54) is 11.1 Å². The molecule has 2 aromatic rings. The topological polar surface area (TPSA) is 21.3 Å². The Hall–Kier alpha value is -1.32. The molecule has 0 aliphatic carbocycles. The minimum absolute atomic E-state index is 0.286. The van der Waals surface area contributed by atoms with Crippen LogP contribution in [0.5, 0.6) is 5.75 Å². The zero-order valence-corrected chi connectivity index (χ0v) is 12.8. The molecule has 2 nitrogen and oxygen atoms in total. The SMILES string of the molecule is COc1cccc([C@@H](C)NCc2cccc(Br)c2)c1. The first-order chi connectivity index (χ1) is 9.19. The van der Waals surface area contributed by atoms with Crippen LogP contribution in [0.1, 0.15) is 24.1 Å². The van der Waals surface area contributed by atoms with E-state index in [9.17, 15) is 0 Å². The molecule has 0 amide bonds. The number of rotatable bonds is 5. The van der Waals surface area contributed by atoms with E-state index in [0.717, 1.165) is 16.8 Å². The van der Waals surface area contributed by atoms with Gasteiger partial charge >= 0.3 is 0 Å². The molecule has 0 aliphatic heterocycles. The van der Waals surface area contributed by atoms with Crippen molar-refractivity contribution in [1.29, 1.82) is 0 Å². The molecule has 2 rings (SSSR count). The molecule has 0 aliphatic rings. The molecular weight excluding hydrogens is 302 g/mol. The van der Waals surface area contributed by atoms with Crippen molar-refractivity contribution in [1.82, 2.24) is 5.32 Å². The molecule has 0 aromatic heterocycles. The fourth-order valence-corrected chi connectivity index (χ4v) is 2.39. The van der Waals surface area contributed by atoms with Gasteiger partial charge in [0.2, 0.25) is 0 Å². The first-order valence-corrected chi connectivity index (χ1v) is 7.10. The molecule has 0 spiro atoms. The third-order valence-electron chi connectivity index (χ3n) is 3.10. The lowest BCUT2D eigenvalue weighted by atomic mass is 10.1. The van der Waals surface area contributed by atoms with E-state index in [0.29, 0.717) is 0 Å². The van der Waals surface area contributed by atoms with Crippen LogP contribution < -0.4 is 10.1 Å². The Kier molecular flexibility index (Phi) is 5.00. The van der Waals surface area contributed by atoms with Crippen molar-refractivity contribution in [3.63, 3.8) is 0 Å². The highest BCUT2D eigenvalue weighted by Crippen LogP contribution is 2.19. The van der Waals surface area contributed by atoms with E-state index in [1.807, 2.05) is 18.2 Å². The van der Waals surface area contributed by atoms with Crippen molar-refractivity contribution < 1.29 is 4.74 Å². The van der Waals surface area contributed by atoms with E-state index in [2.05, 4.69) is 58.5 Å². The van der Waals surface area contributed by atoms with Crippen LogP contribution in [0, 0.1) is 0 Å². The van der Waals surface area contributed by atoms with Crippen LogP contribution in [0.4, 0.5) is 0 Å². The fraction of sp³-hybridized carbons (Fsp3) is 0.250. The molecule has 0 fully saturated rings. The van der Waals surface area contributed by atoms with Crippen molar-refractivity contribution in [3.8, 4) is 5.75 Å². The maximum absolute atomic E-state index is 5.25. The highest BCUT2D eigenvalue weighted by atomic mass is 79.9. The molecule has 100 valence electrons. The van der Waals surface area contributed by atoms with Gasteiger partial charge in [0.15, 0.2) is 0 Å². The summed E-state index contributed by atoms with van der Waals surface area (Å²) >= 11 is 3.49. The molecule has 0 unspecified atom stereocenters. The first kappa shape index (κ1) is 14.1. The van der Waals surface area contributed by atoms with Crippen molar-refractivity contribution >= 4 is 15.9 Å². The third-order valence-corrected chi connectivity index (χ3v) is 3.59. The number of benzene rings is 2. The summed E-state index contributed by atoms with van der Waals surface area (Å²) in [5.41, 5.74) is 2.50. The van der Waals surface area contributed by atoms with Crippen LogP contribution in [-0.4, -0.2) is 7.11 Å². The van der Waals surface area contributed by atoms with Gasteiger partial charge in [-0.15, -0.1) is 0 Å². The second-order valence-corrected chi connectivity index (χ2v) is 5.42. The van der Waals surface area contributed by atoms with Gasteiger partial charge in [0.25, 0.3) is 0 Å². The predicted molar refractivity (Wildman–Crippen MR) is 82.4 cm³/mol. The summed E-state index contributed by atoms with van der Waals surface area (Å²) in [6, 6.07) is 16.8. The van der Waals surface area contributed by atoms with Crippen LogP contribution in [-0.2, 0) is 6.54 Å². The van der Waals surface area contributed by atoms with E-state index < -0.39 is 0 Å². The molecule has 0 saturated heterocycles. The van der Waals surface area contributed by atoms with Crippen molar-refractivity contribution in [2.45, 2.75) is 19.5 Å². The zero-order valence-electron chi connectivity index (χ0n) is 11.2. The van der Waals surface area contributed by atoms with Gasteiger partial charge in [-0.3, -0.25) is 0 Å². The molecule has 0 heterocycles. The summed E-state index contributed by atoms with van der Waals surface area (Å²) in [7, 11) is 1.69. The Labute approximate surface area is 122 Å². The minimum atomic E-state index is 0.286. The Morgan fingerprint density at radius 2 is 1.95 bits per heavy atom. The van der Waals surface area contributed by atoms with Gasteiger partial charge in [0.1, 0.15) is 5.75 Å². The average Bonchev–Trinajstić information content (AvgIpc) is 2.45. The van der Waals surface area contributed by atoms with Crippen molar-refractivity contribution in [2.24, 2.45) is 0 Å². The Morgan fingerprint density at radius 1 is 1.16 bits per heavy atom. The zero-order chi connectivity index (χ0) is 13.7. The maximum Gasteiger partial charge on any atom is 0.119 e. The second-order valence-electron chi connectivity index (χ2n) is 4.51. The Balaban J connectivity index is 1.99. The Bertz CT molecular complexity index is 542. The number of nitrogens with one attached hydrogen (secondary N) is 1. The fourth-order valence-electron chi connectivity index (χ4n) is 1.95. The highest BCUT2D eigenvalue weighted by molar-refractivity contribution is 9.10. The standard InChI is InChI=1S/C16H18BrNO/c1-12(14-6-4-8-16(10-14)19-2)18-11-13-5-3-7-15(17)9-13/h3-10,12,18H,11H2,1-2H3/t12-/m1/s1. The number of hydrogen-bond donors (Lipinski definition) is 1. The minimum Gasteiger partial charge on any atom is -0.497 e. The van der Waals surface area contributed by atoms with Gasteiger partial charge in [-0.1, -0.05) is 40.2 Å². The number of hydrogen-bond acceptors (Lipinski definition) is 2. The largest absolute Gasteiger partial charge is 0.497 e. The molecular formula is C16H18BrNO. The lowest BCUT2D eigenvalue weighted by molar-refractivity contribution is 0.413. The van der Waals surface area contributed by atoms with Crippen molar-refractivity contribution in [3.05, 3.63) is 64.1 Å². The summed E-state index contributed by atoms with van der Waals surface area (Å²) in [5, 5.41) is 3.52. The number of methoxy groups -OCH3 is 1. The van der Waals surface area contributed by atoms with Gasteiger partial charge in [-0.05, 0) is 42.3 Å². The normalized spacial score (nSPS) is 12.2. The highest BCUT2D eigenvalue weighted by Gasteiger charge is 2.06. The summed E-state index contributed by atoms with van der Waals surface area (Å²) in [5.74, 6) is 0.897. The molecule has 2 aromatic carbocycles. The molecule has 0 bridgehead atoms. The smallest absolute Gasteiger partial charge is 0.119 e. The molecule has 1 N–H and O–H groups in total. The molecule has 0 radical (unpaired) electrons. The summed E-state index contributed by atoms with van der Waals surface area (Å²) in [6.45, 7) is 3.00. The molecule has 1 atom stereocenters. The van der Waals surface area contributed by atoms with Gasteiger partial charge in [-0.2, -0.15) is 0 Å². The average molecular weight is 320 g/mol. The van der Waals surface area contributed by atoms with Crippen LogP contribution in [0.25, 0.3) is 0 Å². The summed E-state index contributed by atoms with van der Waals surface area (Å²) in [6.07, 6.45) is 0. The third kappa shape index (κ3) is 4.08. The molecule has 0 saturated carbocycles.